The number of aryl methyl sites for hydroxylation is 2. The first-order valence-corrected chi connectivity index (χ1v) is 6.32. The van der Waals surface area contributed by atoms with E-state index in [2.05, 4.69) is 10.4 Å². The minimum atomic E-state index is -4.57. The Hall–Kier alpha value is -2.31. The predicted molar refractivity (Wildman–Crippen MR) is 72.0 cm³/mol. The van der Waals surface area contributed by atoms with E-state index in [-0.39, 0.29) is 5.69 Å². The summed E-state index contributed by atoms with van der Waals surface area (Å²) in [5, 5.41) is 5.85. The summed E-state index contributed by atoms with van der Waals surface area (Å²) in [6.07, 6.45) is -3.70. The molecule has 0 aliphatic rings. The fraction of sp³-hybridized carbons (Fsp3) is 0.286. The van der Waals surface area contributed by atoms with Crippen molar-refractivity contribution >= 4 is 11.6 Å². The van der Waals surface area contributed by atoms with Crippen LogP contribution in [-0.2, 0) is 19.6 Å². The molecular weight excluding hydrogens is 283 g/mol. The maximum atomic E-state index is 12.5. The van der Waals surface area contributed by atoms with Gasteiger partial charge in [0.25, 0.3) is 5.91 Å². The number of nitrogens with zero attached hydrogens (tertiary/aromatic N) is 2. The summed E-state index contributed by atoms with van der Waals surface area (Å²) in [5.74, 6) is -0.634. The van der Waals surface area contributed by atoms with Gasteiger partial charge >= 0.3 is 6.18 Å². The van der Waals surface area contributed by atoms with Gasteiger partial charge in [0.15, 0.2) is 5.69 Å². The Morgan fingerprint density at radius 3 is 2.38 bits per heavy atom. The molecule has 1 aromatic carbocycles. The number of nitrogens with one attached hydrogen (secondary N) is 1. The minimum Gasteiger partial charge on any atom is -0.321 e. The number of rotatable bonds is 3. The van der Waals surface area contributed by atoms with E-state index >= 15 is 0 Å². The number of hydrogen-bond acceptors (Lipinski definition) is 2. The van der Waals surface area contributed by atoms with Crippen LogP contribution in [0.2, 0.25) is 0 Å². The van der Waals surface area contributed by atoms with Crippen LogP contribution in [0.5, 0.6) is 0 Å². The largest absolute Gasteiger partial charge is 0.435 e. The van der Waals surface area contributed by atoms with Crippen molar-refractivity contribution in [3.8, 4) is 0 Å². The predicted octanol–water partition coefficient (Wildman–Crippen LogP) is 3.25. The number of hydrogen-bond donors (Lipinski definition) is 1. The second-order valence-corrected chi connectivity index (χ2v) is 4.54. The molecule has 0 unspecified atom stereocenters. The first kappa shape index (κ1) is 15.1. The van der Waals surface area contributed by atoms with E-state index in [1.807, 2.05) is 19.1 Å². The Kier molecular flexibility index (Phi) is 4.02. The lowest BCUT2D eigenvalue weighted by Crippen LogP contribution is -2.15. The Balaban J connectivity index is 2.18. The molecule has 1 amide bonds. The van der Waals surface area contributed by atoms with Gasteiger partial charge in [-0.1, -0.05) is 19.1 Å². The molecule has 0 aliphatic heterocycles. The molecule has 2 rings (SSSR count). The standard InChI is InChI=1S/C14H14F3N3O/c1-3-9-4-6-10(7-5-9)18-13(21)11-8-12(14(15,16)17)19-20(11)2/h4-8H,3H2,1-2H3,(H,18,21). The van der Waals surface area contributed by atoms with Gasteiger partial charge in [-0.2, -0.15) is 18.3 Å². The van der Waals surface area contributed by atoms with Crippen molar-refractivity contribution in [2.24, 2.45) is 7.05 Å². The summed E-state index contributed by atoms with van der Waals surface area (Å²) in [4.78, 5) is 12.0. The Morgan fingerprint density at radius 2 is 1.90 bits per heavy atom. The van der Waals surface area contributed by atoms with Gasteiger partial charge in [-0.15, -0.1) is 0 Å². The smallest absolute Gasteiger partial charge is 0.321 e. The fourth-order valence-corrected chi connectivity index (χ4v) is 1.84. The number of halogens is 3. The van der Waals surface area contributed by atoms with Crippen molar-refractivity contribution in [2.75, 3.05) is 5.32 Å². The molecule has 21 heavy (non-hydrogen) atoms. The molecule has 1 heterocycles. The number of anilines is 1. The molecule has 0 aliphatic carbocycles. The van der Waals surface area contributed by atoms with E-state index in [1.54, 1.807) is 12.1 Å². The van der Waals surface area contributed by atoms with E-state index in [0.717, 1.165) is 22.7 Å². The minimum absolute atomic E-state index is 0.151. The Bertz CT molecular complexity index is 644. The third-order valence-electron chi connectivity index (χ3n) is 3.02. The zero-order valence-corrected chi connectivity index (χ0v) is 11.5. The number of carbonyl (C=O) groups is 1. The molecule has 0 fully saturated rings. The van der Waals surface area contributed by atoms with E-state index in [9.17, 15) is 18.0 Å². The van der Waals surface area contributed by atoms with Gasteiger partial charge in [-0.05, 0) is 24.1 Å². The molecule has 1 aromatic heterocycles. The average Bonchev–Trinajstić information content (AvgIpc) is 2.82. The zero-order chi connectivity index (χ0) is 15.6. The lowest BCUT2D eigenvalue weighted by molar-refractivity contribution is -0.141. The summed E-state index contributed by atoms with van der Waals surface area (Å²) in [6.45, 7) is 2.00. The lowest BCUT2D eigenvalue weighted by atomic mass is 10.1. The van der Waals surface area contributed by atoms with Crippen LogP contribution in [0.15, 0.2) is 30.3 Å². The van der Waals surface area contributed by atoms with Gasteiger partial charge in [0.2, 0.25) is 0 Å². The van der Waals surface area contributed by atoms with Crippen molar-refractivity contribution in [1.29, 1.82) is 0 Å². The highest BCUT2D eigenvalue weighted by Gasteiger charge is 2.35. The third kappa shape index (κ3) is 3.42. The van der Waals surface area contributed by atoms with Crippen LogP contribution in [-0.4, -0.2) is 15.7 Å². The fourth-order valence-electron chi connectivity index (χ4n) is 1.84. The van der Waals surface area contributed by atoms with E-state index in [1.165, 1.54) is 7.05 Å². The third-order valence-corrected chi connectivity index (χ3v) is 3.02. The van der Waals surface area contributed by atoms with Crippen molar-refractivity contribution < 1.29 is 18.0 Å². The molecule has 1 N–H and O–H groups in total. The van der Waals surface area contributed by atoms with Gasteiger partial charge in [0.05, 0.1) is 0 Å². The molecule has 0 radical (unpaired) electrons. The summed E-state index contributed by atoms with van der Waals surface area (Å²) < 4.78 is 38.6. The molecule has 0 atom stereocenters. The summed E-state index contributed by atoms with van der Waals surface area (Å²) in [5.41, 5.74) is 0.387. The summed E-state index contributed by atoms with van der Waals surface area (Å²) in [6, 6.07) is 7.84. The quantitative estimate of drug-likeness (QED) is 0.945. The molecule has 2 aromatic rings. The molecule has 0 spiro atoms. The van der Waals surface area contributed by atoms with Crippen molar-refractivity contribution in [2.45, 2.75) is 19.5 Å². The molecular formula is C14H14F3N3O. The second-order valence-electron chi connectivity index (χ2n) is 4.54. The number of aromatic nitrogens is 2. The van der Waals surface area contributed by atoms with Crippen LogP contribution in [0.1, 0.15) is 28.7 Å². The van der Waals surface area contributed by atoms with Gasteiger partial charge in [0, 0.05) is 18.8 Å². The maximum absolute atomic E-state index is 12.5. The van der Waals surface area contributed by atoms with Crippen LogP contribution >= 0.6 is 0 Å². The molecule has 7 heteroatoms. The number of alkyl halides is 3. The summed E-state index contributed by atoms with van der Waals surface area (Å²) >= 11 is 0. The summed E-state index contributed by atoms with van der Waals surface area (Å²) in [7, 11) is 1.30. The number of amides is 1. The van der Waals surface area contributed by atoms with E-state index in [4.69, 9.17) is 0 Å². The van der Waals surface area contributed by atoms with E-state index in [0.29, 0.717) is 5.69 Å². The van der Waals surface area contributed by atoms with Crippen LogP contribution in [0, 0.1) is 0 Å². The van der Waals surface area contributed by atoms with Crippen LogP contribution in [0.3, 0.4) is 0 Å². The van der Waals surface area contributed by atoms with Gasteiger partial charge in [0.1, 0.15) is 5.69 Å². The van der Waals surface area contributed by atoms with Crippen molar-refractivity contribution in [1.82, 2.24) is 9.78 Å². The van der Waals surface area contributed by atoms with Gasteiger partial charge in [-0.3, -0.25) is 9.48 Å². The molecule has 4 nitrogen and oxygen atoms in total. The second kappa shape index (κ2) is 5.59. The van der Waals surface area contributed by atoms with Crippen molar-refractivity contribution in [3.63, 3.8) is 0 Å². The van der Waals surface area contributed by atoms with Crippen LogP contribution < -0.4 is 5.32 Å². The topological polar surface area (TPSA) is 46.9 Å². The average molecular weight is 297 g/mol. The molecule has 0 saturated carbocycles. The molecule has 112 valence electrons. The zero-order valence-electron chi connectivity index (χ0n) is 11.5. The van der Waals surface area contributed by atoms with Crippen LogP contribution in [0.25, 0.3) is 0 Å². The first-order valence-electron chi connectivity index (χ1n) is 6.32. The highest BCUT2D eigenvalue weighted by atomic mass is 19.4. The highest BCUT2D eigenvalue weighted by Crippen LogP contribution is 2.28. The molecule has 0 bridgehead atoms. The Labute approximate surface area is 119 Å². The highest BCUT2D eigenvalue weighted by molar-refractivity contribution is 6.03. The first-order chi connectivity index (χ1) is 9.81. The molecule has 0 saturated heterocycles. The normalized spacial score (nSPS) is 11.5. The van der Waals surface area contributed by atoms with Crippen molar-refractivity contribution in [3.05, 3.63) is 47.3 Å². The van der Waals surface area contributed by atoms with E-state index < -0.39 is 17.8 Å². The van der Waals surface area contributed by atoms with Gasteiger partial charge in [-0.25, -0.2) is 0 Å². The van der Waals surface area contributed by atoms with Crippen LogP contribution in [0.4, 0.5) is 18.9 Å². The lowest BCUT2D eigenvalue weighted by Gasteiger charge is -2.05. The monoisotopic (exact) mass is 297 g/mol. The Morgan fingerprint density at radius 1 is 1.29 bits per heavy atom. The SMILES string of the molecule is CCc1ccc(NC(=O)c2cc(C(F)(F)F)nn2C)cc1. The van der Waals surface area contributed by atoms with Gasteiger partial charge < -0.3 is 5.32 Å². The maximum Gasteiger partial charge on any atom is 0.435 e. The number of benzene rings is 1. The number of carbonyl (C=O) groups excluding carboxylic acids is 1.